The van der Waals surface area contributed by atoms with Crippen molar-refractivity contribution in [2.45, 2.75) is 140 Å². The third kappa shape index (κ3) is 15.9. The van der Waals surface area contributed by atoms with Crippen molar-refractivity contribution in [2.75, 3.05) is 13.1 Å². The van der Waals surface area contributed by atoms with Crippen LogP contribution >= 0.6 is 0 Å². The van der Waals surface area contributed by atoms with Gasteiger partial charge >= 0.3 is 5.97 Å². The fourth-order valence-electron chi connectivity index (χ4n) is 5.98. The van der Waals surface area contributed by atoms with Crippen LogP contribution in [0.15, 0.2) is 36.4 Å². The first-order valence-electron chi connectivity index (χ1n) is 19.1. The molecule has 0 aromatic heterocycles. The smallest absolute Gasteiger partial charge is 0.326 e. The molecule has 0 spiro atoms. The maximum absolute atomic E-state index is 14.1. The largest absolute Gasteiger partial charge is 0.480 e. The van der Waals surface area contributed by atoms with Crippen LogP contribution in [0.25, 0.3) is 0 Å². The van der Waals surface area contributed by atoms with Crippen molar-refractivity contribution in [3.63, 3.8) is 0 Å². The lowest BCUT2D eigenvalue weighted by molar-refractivity contribution is -0.142. The molecule has 12 N–H and O–H groups in total. The third-order valence-corrected chi connectivity index (χ3v) is 9.27. The minimum absolute atomic E-state index is 0.0309. The second-order valence-electron chi connectivity index (χ2n) is 15.5. The van der Waals surface area contributed by atoms with E-state index in [1.54, 1.807) is 12.2 Å². The van der Waals surface area contributed by atoms with Gasteiger partial charge in [-0.15, -0.1) is 0 Å². The molecule has 1 aromatic carbocycles. The number of nitrogens with one attached hydrogen (secondary N) is 5. The number of carbonyl (C=O) groups is 6. The predicted octanol–water partition coefficient (Wildman–Crippen LogP) is 1.02. The van der Waals surface area contributed by atoms with Gasteiger partial charge in [-0.25, -0.2) is 4.79 Å². The summed E-state index contributed by atoms with van der Waals surface area (Å²) in [7, 11) is 0. The summed E-state index contributed by atoms with van der Waals surface area (Å²) in [5, 5.41) is 23.4. The van der Waals surface area contributed by atoms with Crippen molar-refractivity contribution in [3.05, 3.63) is 47.5 Å². The Balaban J connectivity index is 2.48. The molecule has 54 heavy (non-hydrogen) atoms. The number of benzene rings is 1. The van der Waals surface area contributed by atoms with Crippen molar-refractivity contribution in [1.29, 1.82) is 0 Å². The lowest BCUT2D eigenvalue weighted by atomic mass is 9.86. The number of unbranched alkanes of at least 4 members (excludes halogenated alkanes) is 2. The summed E-state index contributed by atoms with van der Waals surface area (Å²) in [4.78, 5) is 80.2. The number of carboxylic acids is 1. The molecule has 1 aliphatic rings. The van der Waals surface area contributed by atoms with E-state index in [0.29, 0.717) is 38.8 Å². The van der Waals surface area contributed by atoms with Crippen molar-refractivity contribution >= 4 is 35.5 Å². The van der Waals surface area contributed by atoms with Crippen molar-refractivity contribution in [1.82, 2.24) is 26.6 Å². The van der Waals surface area contributed by atoms with Crippen LogP contribution in [0.1, 0.15) is 104 Å². The number of carbonyl (C=O) groups excluding carboxylic acids is 5. The van der Waals surface area contributed by atoms with Crippen LogP contribution < -0.4 is 43.8 Å². The fourth-order valence-corrected chi connectivity index (χ4v) is 5.98. The van der Waals surface area contributed by atoms with Gasteiger partial charge in [0, 0.05) is 6.42 Å². The number of aliphatic carboxylic acids is 1. The Morgan fingerprint density at radius 1 is 0.796 bits per heavy atom. The van der Waals surface area contributed by atoms with E-state index in [9.17, 15) is 33.9 Å². The van der Waals surface area contributed by atoms with Crippen LogP contribution in [0.2, 0.25) is 0 Å². The number of carboxylic acid groups (broad SMARTS) is 1. The van der Waals surface area contributed by atoms with E-state index < -0.39 is 71.8 Å². The average Bonchev–Trinajstić information content (AvgIpc) is 3.10. The molecule has 5 amide bonds. The van der Waals surface area contributed by atoms with Crippen LogP contribution in [0.4, 0.5) is 0 Å². The van der Waals surface area contributed by atoms with Gasteiger partial charge in [-0.2, -0.15) is 0 Å². The Kier molecular flexibility index (Phi) is 19.3. The summed E-state index contributed by atoms with van der Waals surface area (Å²) in [5.74, 6) is -4.36. The van der Waals surface area contributed by atoms with E-state index in [0.717, 1.165) is 11.1 Å². The SMILES string of the molecule is CC(C)C[C@H](NC(=O)[C@H](Cc1ccc(C(C)(C)C)cc1)NC(=O)[C@@H]1C/C=C/C[C@H](N)C(=O)N[C@@H](CCCCN)C(=O)N[C@@H](CCCCN)C(=O)N1)C(=O)O. The van der Waals surface area contributed by atoms with Gasteiger partial charge < -0.3 is 48.9 Å². The standard InChI is InChI=1S/C39H64N8O7/c1-24(2)22-32(38(53)54)47-37(52)31(23-25-16-18-26(19-17-25)39(3,4)5)46-36(51)29-13-7-6-12-27(42)33(48)43-28(14-8-10-20-40)34(49)45-30(35(50)44-29)15-9-11-21-41/h6-7,16-19,24,27-32H,8-15,20-23,40-42H2,1-5H3,(H,43,48)(H,44,50)(H,45,49)(H,46,51)(H,47,52)(H,53,54)/b7-6+/t27-,28-,29-,30-,31-,32-/m0/s1. The lowest BCUT2D eigenvalue weighted by Crippen LogP contribution is -2.59. The van der Waals surface area contributed by atoms with Gasteiger partial charge in [0.2, 0.25) is 29.5 Å². The molecule has 15 heteroatoms. The van der Waals surface area contributed by atoms with E-state index in [-0.39, 0.29) is 49.9 Å². The van der Waals surface area contributed by atoms with Crippen LogP contribution in [0.5, 0.6) is 0 Å². The molecule has 15 nitrogen and oxygen atoms in total. The summed E-state index contributed by atoms with van der Waals surface area (Å²) < 4.78 is 0. The quantitative estimate of drug-likeness (QED) is 0.0805. The summed E-state index contributed by atoms with van der Waals surface area (Å²) in [6.07, 6.45) is 6.27. The fraction of sp³-hybridized carbons (Fsp3) is 0.641. The Bertz CT molecular complexity index is 1430. The van der Waals surface area contributed by atoms with E-state index in [2.05, 4.69) is 47.4 Å². The van der Waals surface area contributed by atoms with E-state index in [1.165, 1.54) is 0 Å². The van der Waals surface area contributed by atoms with Gasteiger partial charge in [0.1, 0.15) is 30.2 Å². The number of hydrogen-bond acceptors (Lipinski definition) is 9. The molecule has 0 fully saturated rings. The molecule has 0 saturated carbocycles. The number of hydrogen-bond donors (Lipinski definition) is 9. The molecule has 0 bridgehead atoms. The van der Waals surface area contributed by atoms with Crippen molar-refractivity contribution in [3.8, 4) is 0 Å². The van der Waals surface area contributed by atoms with E-state index in [1.807, 2.05) is 38.1 Å². The Morgan fingerprint density at radius 3 is 1.85 bits per heavy atom. The Labute approximate surface area is 319 Å². The zero-order valence-corrected chi connectivity index (χ0v) is 32.6. The minimum Gasteiger partial charge on any atom is -0.480 e. The topological polar surface area (TPSA) is 261 Å². The molecule has 2 rings (SSSR count). The molecular formula is C39H64N8O7. The molecule has 0 saturated heterocycles. The molecule has 1 aromatic rings. The molecule has 302 valence electrons. The lowest BCUT2D eigenvalue weighted by Gasteiger charge is -2.27. The van der Waals surface area contributed by atoms with Gasteiger partial charge in [0.05, 0.1) is 6.04 Å². The van der Waals surface area contributed by atoms with Gasteiger partial charge in [-0.3, -0.25) is 24.0 Å². The third-order valence-electron chi connectivity index (χ3n) is 9.27. The number of amides is 5. The van der Waals surface area contributed by atoms with E-state index in [4.69, 9.17) is 17.2 Å². The van der Waals surface area contributed by atoms with Crippen molar-refractivity contribution < 1.29 is 33.9 Å². The van der Waals surface area contributed by atoms with Crippen LogP contribution in [0.3, 0.4) is 0 Å². The van der Waals surface area contributed by atoms with E-state index >= 15 is 0 Å². The Hall–Kier alpha value is -4.34. The molecule has 1 heterocycles. The van der Waals surface area contributed by atoms with Crippen LogP contribution in [0, 0.1) is 5.92 Å². The highest BCUT2D eigenvalue weighted by molar-refractivity contribution is 5.96. The van der Waals surface area contributed by atoms with Gasteiger partial charge in [0.15, 0.2) is 0 Å². The number of rotatable bonds is 17. The maximum atomic E-state index is 14.1. The molecular weight excluding hydrogens is 692 g/mol. The highest BCUT2D eigenvalue weighted by atomic mass is 16.4. The van der Waals surface area contributed by atoms with Crippen molar-refractivity contribution in [2.24, 2.45) is 23.1 Å². The molecule has 0 radical (unpaired) electrons. The second-order valence-corrected chi connectivity index (χ2v) is 15.5. The second kappa shape index (κ2) is 22.8. The summed E-state index contributed by atoms with van der Waals surface area (Å²) >= 11 is 0. The van der Waals surface area contributed by atoms with Crippen LogP contribution in [-0.4, -0.2) is 90.0 Å². The monoisotopic (exact) mass is 756 g/mol. The minimum atomic E-state index is -1.21. The Morgan fingerprint density at radius 2 is 1.33 bits per heavy atom. The molecule has 0 unspecified atom stereocenters. The van der Waals surface area contributed by atoms with Gasteiger partial charge in [0.25, 0.3) is 0 Å². The highest BCUT2D eigenvalue weighted by Crippen LogP contribution is 2.22. The molecule has 1 aliphatic heterocycles. The zero-order chi connectivity index (χ0) is 40.4. The first kappa shape index (κ1) is 45.8. The average molecular weight is 757 g/mol. The molecule has 6 atom stereocenters. The first-order chi connectivity index (χ1) is 25.5. The maximum Gasteiger partial charge on any atom is 0.326 e. The predicted molar refractivity (Wildman–Crippen MR) is 208 cm³/mol. The summed E-state index contributed by atoms with van der Waals surface area (Å²) in [6, 6.07) is 0.999. The highest BCUT2D eigenvalue weighted by Gasteiger charge is 2.33. The zero-order valence-electron chi connectivity index (χ0n) is 32.6. The summed E-state index contributed by atoms with van der Waals surface area (Å²) in [5.41, 5.74) is 19.2. The van der Waals surface area contributed by atoms with Gasteiger partial charge in [-0.05, 0) is 93.3 Å². The molecule has 0 aliphatic carbocycles. The van der Waals surface area contributed by atoms with Crippen LogP contribution in [-0.2, 0) is 40.6 Å². The number of nitrogens with two attached hydrogens (primary N) is 3. The normalized spacial score (nSPS) is 21.8. The first-order valence-corrected chi connectivity index (χ1v) is 19.1. The summed E-state index contributed by atoms with van der Waals surface area (Å²) in [6.45, 7) is 10.7. The van der Waals surface area contributed by atoms with Gasteiger partial charge in [-0.1, -0.05) is 71.0 Å².